The van der Waals surface area contributed by atoms with E-state index in [0.717, 1.165) is 40.4 Å². The van der Waals surface area contributed by atoms with E-state index >= 15 is 0 Å². The van der Waals surface area contributed by atoms with Crippen LogP contribution in [-0.4, -0.2) is 33.3 Å². The second-order valence-electron chi connectivity index (χ2n) is 8.51. The number of hydrogen-bond acceptors (Lipinski definition) is 4. The van der Waals surface area contributed by atoms with Gasteiger partial charge in [-0.1, -0.05) is 36.4 Å². The summed E-state index contributed by atoms with van der Waals surface area (Å²) in [4.78, 5) is 31.4. The Kier molecular flexibility index (Phi) is 6.62. The van der Waals surface area contributed by atoms with Crippen LogP contribution in [0.1, 0.15) is 34.5 Å². The lowest BCUT2D eigenvalue weighted by Crippen LogP contribution is -2.48. The second kappa shape index (κ2) is 10.1. The molecule has 2 N–H and O–H groups in total. The quantitative estimate of drug-likeness (QED) is 0.359. The highest BCUT2D eigenvalue weighted by atomic mass is 32.2. The summed E-state index contributed by atoms with van der Waals surface area (Å²) in [5.41, 5.74) is 3.48. The summed E-state index contributed by atoms with van der Waals surface area (Å²) in [5, 5.41) is 5.95. The number of thioether (sulfide) groups is 1. The molecule has 1 saturated carbocycles. The minimum Gasteiger partial charge on any atom is -0.352 e. The first-order valence-corrected chi connectivity index (χ1v) is 12.4. The molecule has 1 atom stereocenters. The number of nitrogens with one attached hydrogen (secondary N) is 2. The molecule has 4 aromatic rings. The van der Waals surface area contributed by atoms with Gasteiger partial charge in [-0.2, -0.15) is 0 Å². The lowest BCUT2D eigenvalue weighted by molar-refractivity contribution is -0.123. The molecule has 1 aliphatic carbocycles. The van der Waals surface area contributed by atoms with Gasteiger partial charge in [0.15, 0.2) is 0 Å². The standard InChI is InChI=1S/C27H26N4O2S/c32-26(30-24(27(33)29-21-11-12-21)16-19-6-2-1-3-7-19)20-9-13-23(14-10-20)34-18-22-17-31-15-5-4-8-25(31)28-22/h1-10,13-15,17,21,24H,11-12,16,18H2,(H,29,33)(H,30,32). The molecule has 1 fully saturated rings. The zero-order valence-corrected chi connectivity index (χ0v) is 19.5. The van der Waals surface area contributed by atoms with E-state index in [0.29, 0.717) is 12.0 Å². The van der Waals surface area contributed by atoms with Crippen molar-refractivity contribution < 1.29 is 9.59 Å². The highest BCUT2D eigenvalue weighted by Gasteiger charge is 2.28. The molecule has 5 rings (SSSR count). The van der Waals surface area contributed by atoms with E-state index in [1.54, 1.807) is 23.9 Å². The molecule has 2 aromatic carbocycles. The van der Waals surface area contributed by atoms with Gasteiger partial charge in [0.25, 0.3) is 5.91 Å². The topological polar surface area (TPSA) is 75.5 Å². The number of carbonyl (C=O) groups excluding carboxylic acids is 2. The number of nitrogens with zero attached hydrogens (tertiary/aromatic N) is 2. The Hall–Kier alpha value is -3.58. The molecular weight excluding hydrogens is 444 g/mol. The van der Waals surface area contributed by atoms with Crippen molar-refractivity contribution in [3.8, 4) is 0 Å². The Bertz CT molecular complexity index is 1250. The molecular formula is C27H26N4O2S. The van der Waals surface area contributed by atoms with Crippen LogP contribution in [0.25, 0.3) is 5.65 Å². The van der Waals surface area contributed by atoms with Gasteiger partial charge in [-0.3, -0.25) is 9.59 Å². The van der Waals surface area contributed by atoms with Crippen LogP contribution in [0.5, 0.6) is 0 Å². The summed E-state index contributed by atoms with van der Waals surface area (Å²) < 4.78 is 2.01. The summed E-state index contributed by atoms with van der Waals surface area (Å²) in [6, 6.07) is 22.8. The van der Waals surface area contributed by atoms with Crippen LogP contribution in [0, 0.1) is 0 Å². The zero-order valence-electron chi connectivity index (χ0n) is 18.7. The minimum atomic E-state index is -0.611. The highest BCUT2D eigenvalue weighted by molar-refractivity contribution is 7.98. The van der Waals surface area contributed by atoms with Gasteiger partial charge in [0.1, 0.15) is 11.7 Å². The predicted octanol–water partition coefficient (Wildman–Crippen LogP) is 4.25. The molecule has 0 aliphatic heterocycles. The average Bonchev–Trinajstić information content (AvgIpc) is 3.58. The van der Waals surface area contributed by atoms with E-state index < -0.39 is 6.04 Å². The summed E-state index contributed by atoms with van der Waals surface area (Å²) in [5.74, 6) is 0.372. The van der Waals surface area contributed by atoms with Gasteiger partial charge in [-0.25, -0.2) is 4.98 Å². The molecule has 1 unspecified atom stereocenters. The smallest absolute Gasteiger partial charge is 0.251 e. The van der Waals surface area contributed by atoms with Gasteiger partial charge in [0, 0.05) is 41.1 Å². The van der Waals surface area contributed by atoms with Crippen LogP contribution < -0.4 is 10.6 Å². The molecule has 6 nitrogen and oxygen atoms in total. The van der Waals surface area contributed by atoms with Crippen LogP contribution in [-0.2, 0) is 17.0 Å². The monoisotopic (exact) mass is 470 g/mol. The Morgan fingerprint density at radius 1 is 1.00 bits per heavy atom. The Labute approximate surface area is 202 Å². The van der Waals surface area contributed by atoms with E-state index in [9.17, 15) is 9.59 Å². The number of hydrogen-bond donors (Lipinski definition) is 2. The van der Waals surface area contributed by atoms with Gasteiger partial charge in [-0.05, 0) is 54.8 Å². The number of fused-ring (bicyclic) bond motifs is 1. The van der Waals surface area contributed by atoms with Gasteiger partial charge >= 0.3 is 0 Å². The van der Waals surface area contributed by atoms with Crippen molar-refractivity contribution >= 4 is 29.2 Å². The summed E-state index contributed by atoms with van der Waals surface area (Å²) >= 11 is 1.67. The van der Waals surface area contributed by atoms with Gasteiger partial charge in [0.05, 0.1) is 5.69 Å². The molecule has 172 valence electrons. The molecule has 1 aliphatic rings. The molecule has 34 heavy (non-hydrogen) atoms. The summed E-state index contributed by atoms with van der Waals surface area (Å²) in [6.07, 6.45) is 6.49. The molecule has 0 bridgehead atoms. The Morgan fingerprint density at radius 3 is 2.50 bits per heavy atom. The fourth-order valence-corrected chi connectivity index (χ4v) is 4.53. The zero-order chi connectivity index (χ0) is 23.3. The number of pyridine rings is 1. The molecule has 2 aromatic heterocycles. The maximum absolute atomic E-state index is 12.9. The number of carbonyl (C=O) groups is 2. The maximum Gasteiger partial charge on any atom is 0.251 e. The van der Waals surface area contributed by atoms with Crippen molar-refractivity contribution in [1.29, 1.82) is 0 Å². The van der Waals surface area contributed by atoms with Crippen molar-refractivity contribution in [3.63, 3.8) is 0 Å². The van der Waals surface area contributed by atoms with Crippen molar-refractivity contribution in [2.45, 2.75) is 42.0 Å². The van der Waals surface area contributed by atoms with Gasteiger partial charge < -0.3 is 15.0 Å². The number of aromatic nitrogens is 2. The van der Waals surface area contributed by atoms with E-state index in [4.69, 9.17) is 0 Å². The predicted molar refractivity (Wildman–Crippen MR) is 134 cm³/mol. The minimum absolute atomic E-state index is 0.126. The van der Waals surface area contributed by atoms with Crippen molar-refractivity contribution in [3.05, 3.63) is 102 Å². The number of amides is 2. The molecule has 0 radical (unpaired) electrons. The van der Waals surface area contributed by atoms with Crippen LogP contribution in [0.3, 0.4) is 0 Å². The van der Waals surface area contributed by atoms with Crippen molar-refractivity contribution in [2.75, 3.05) is 0 Å². The molecule has 2 heterocycles. The van der Waals surface area contributed by atoms with Crippen molar-refractivity contribution in [1.82, 2.24) is 20.0 Å². The first-order chi connectivity index (χ1) is 16.6. The lowest BCUT2D eigenvalue weighted by atomic mass is 10.0. The molecule has 0 spiro atoms. The van der Waals surface area contributed by atoms with Gasteiger partial charge in [-0.15, -0.1) is 11.8 Å². The SMILES string of the molecule is O=C(NC(Cc1ccccc1)C(=O)NC1CC1)c1ccc(SCc2cn3ccccc3n2)cc1. The molecule has 2 amide bonds. The van der Waals surface area contributed by atoms with Crippen molar-refractivity contribution in [2.24, 2.45) is 0 Å². The number of benzene rings is 2. The van der Waals surface area contributed by atoms with E-state index in [2.05, 4.69) is 15.6 Å². The first-order valence-electron chi connectivity index (χ1n) is 11.4. The first kappa shape index (κ1) is 22.2. The van der Waals surface area contributed by atoms with Crippen LogP contribution in [0.15, 0.2) is 90.1 Å². The third-order valence-electron chi connectivity index (χ3n) is 5.75. The Balaban J connectivity index is 1.21. The van der Waals surface area contributed by atoms with E-state index in [1.165, 1.54) is 0 Å². The third kappa shape index (κ3) is 5.66. The fourth-order valence-electron chi connectivity index (χ4n) is 3.75. The average molecular weight is 471 g/mol. The van der Waals surface area contributed by atoms with E-state index in [1.807, 2.05) is 77.5 Å². The fraction of sp³-hybridized carbons (Fsp3) is 0.222. The van der Waals surface area contributed by atoms with Crippen LogP contribution in [0.4, 0.5) is 0 Å². The molecule has 0 saturated heterocycles. The lowest BCUT2D eigenvalue weighted by Gasteiger charge is -2.19. The third-order valence-corrected chi connectivity index (χ3v) is 6.79. The summed E-state index contributed by atoms with van der Waals surface area (Å²) in [7, 11) is 0. The maximum atomic E-state index is 12.9. The number of imidazole rings is 1. The normalized spacial score (nSPS) is 14.0. The van der Waals surface area contributed by atoms with E-state index in [-0.39, 0.29) is 17.9 Å². The van der Waals surface area contributed by atoms with Crippen LogP contribution in [0.2, 0.25) is 0 Å². The van der Waals surface area contributed by atoms with Gasteiger partial charge in [0.2, 0.25) is 5.91 Å². The second-order valence-corrected chi connectivity index (χ2v) is 9.56. The highest BCUT2D eigenvalue weighted by Crippen LogP contribution is 2.23. The molecule has 7 heteroatoms. The largest absolute Gasteiger partial charge is 0.352 e. The summed E-state index contributed by atoms with van der Waals surface area (Å²) in [6.45, 7) is 0. The number of rotatable bonds is 9. The van der Waals surface area contributed by atoms with Crippen LogP contribution >= 0.6 is 11.8 Å². The Morgan fingerprint density at radius 2 is 1.76 bits per heavy atom.